The number of methoxy groups -OCH3 is 1. The lowest BCUT2D eigenvalue weighted by Gasteiger charge is -2.18. The Kier molecular flexibility index (Phi) is 9.19. The number of ether oxygens (including phenoxy) is 2. The minimum absolute atomic E-state index is 0.0217. The summed E-state index contributed by atoms with van der Waals surface area (Å²) in [7, 11) is 1.06. The van der Waals surface area contributed by atoms with Gasteiger partial charge in [-0.15, -0.1) is 0 Å². The third-order valence-corrected chi connectivity index (χ3v) is 4.51. The summed E-state index contributed by atoms with van der Waals surface area (Å²) in [6, 6.07) is 9.99. The zero-order chi connectivity index (χ0) is 24.4. The zero-order valence-electron chi connectivity index (χ0n) is 17.6. The molecule has 7 nitrogen and oxygen atoms in total. The molecule has 1 atom stereocenters. The van der Waals surface area contributed by atoms with E-state index in [1.807, 2.05) is 0 Å². The van der Waals surface area contributed by atoms with E-state index in [1.165, 1.54) is 0 Å². The third-order valence-electron chi connectivity index (χ3n) is 4.51. The van der Waals surface area contributed by atoms with Crippen molar-refractivity contribution in [3.63, 3.8) is 0 Å². The summed E-state index contributed by atoms with van der Waals surface area (Å²) in [6.07, 6.45) is -6.72. The second-order valence-electron chi connectivity index (χ2n) is 6.85. The van der Waals surface area contributed by atoms with Crippen LogP contribution in [0.2, 0.25) is 0 Å². The van der Waals surface area contributed by atoms with E-state index >= 15 is 0 Å². The van der Waals surface area contributed by atoms with Gasteiger partial charge in [0.15, 0.2) is 0 Å². The molecule has 0 aromatic heterocycles. The maximum absolute atomic E-state index is 13.9. The summed E-state index contributed by atoms with van der Waals surface area (Å²) < 4.78 is 62.7. The number of carbonyl (C=O) groups excluding carboxylic acids is 3. The average Bonchev–Trinajstić information content (AvgIpc) is 2.78. The number of esters is 1. The number of alkyl carbamates (subject to hydrolysis) is 1. The Hall–Kier alpha value is -3.63. The van der Waals surface area contributed by atoms with Crippen molar-refractivity contribution in [2.24, 2.45) is 0 Å². The topological polar surface area (TPSA) is 93.7 Å². The molecule has 0 spiro atoms. The molecule has 2 N–H and O–H groups in total. The van der Waals surface area contributed by atoms with Crippen LogP contribution < -0.4 is 10.6 Å². The highest BCUT2D eigenvalue weighted by Crippen LogP contribution is 2.33. The van der Waals surface area contributed by atoms with Gasteiger partial charge in [0.05, 0.1) is 19.2 Å². The predicted octanol–water partition coefficient (Wildman–Crippen LogP) is 3.36. The van der Waals surface area contributed by atoms with Crippen molar-refractivity contribution in [1.29, 1.82) is 0 Å². The van der Waals surface area contributed by atoms with E-state index in [1.54, 1.807) is 30.3 Å². The van der Waals surface area contributed by atoms with Crippen LogP contribution in [0.15, 0.2) is 48.5 Å². The Balaban J connectivity index is 1.91. The Bertz CT molecular complexity index is 967. The van der Waals surface area contributed by atoms with Crippen LogP contribution in [0.3, 0.4) is 0 Å². The monoisotopic (exact) mass is 470 g/mol. The second-order valence-corrected chi connectivity index (χ2v) is 6.85. The SMILES string of the molecule is COC(=O)C(CNC(=O)OCc1ccccc1)NC(=O)CCc1c(F)cccc1C(F)(F)F. The van der Waals surface area contributed by atoms with E-state index in [-0.39, 0.29) is 13.2 Å². The molecule has 178 valence electrons. The van der Waals surface area contributed by atoms with Crippen molar-refractivity contribution in [1.82, 2.24) is 10.6 Å². The first-order valence-electron chi connectivity index (χ1n) is 9.78. The van der Waals surface area contributed by atoms with Crippen LogP contribution in [0.5, 0.6) is 0 Å². The van der Waals surface area contributed by atoms with Gasteiger partial charge in [-0.2, -0.15) is 13.2 Å². The molecule has 2 amide bonds. The molecule has 0 aliphatic heterocycles. The summed E-state index contributed by atoms with van der Waals surface area (Å²) in [5, 5.41) is 4.56. The van der Waals surface area contributed by atoms with Gasteiger partial charge >= 0.3 is 18.2 Å². The standard InChI is InChI=1S/C22H22F4N2O5/c1-32-20(30)18(12-27-21(31)33-13-14-6-3-2-4-7-14)28-19(29)11-10-15-16(22(24,25)26)8-5-9-17(15)23/h2-9,18H,10-13H2,1H3,(H,27,31)(H,28,29). The normalized spacial score (nSPS) is 11.9. The van der Waals surface area contributed by atoms with Crippen LogP contribution in [0.25, 0.3) is 0 Å². The Morgan fingerprint density at radius 2 is 1.73 bits per heavy atom. The van der Waals surface area contributed by atoms with Gasteiger partial charge in [0.2, 0.25) is 5.91 Å². The zero-order valence-corrected chi connectivity index (χ0v) is 17.6. The molecule has 2 aromatic carbocycles. The molecule has 0 radical (unpaired) electrons. The number of alkyl halides is 3. The number of hydrogen-bond acceptors (Lipinski definition) is 5. The maximum atomic E-state index is 13.9. The van der Waals surface area contributed by atoms with E-state index in [0.29, 0.717) is 0 Å². The van der Waals surface area contributed by atoms with Crippen LogP contribution in [0, 0.1) is 5.82 Å². The van der Waals surface area contributed by atoms with Gasteiger partial charge in [0.25, 0.3) is 0 Å². The Morgan fingerprint density at radius 1 is 1.03 bits per heavy atom. The minimum atomic E-state index is -4.79. The summed E-state index contributed by atoms with van der Waals surface area (Å²) in [6.45, 7) is -0.411. The highest BCUT2D eigenvalue weighted by atomic mass is 19.4. The predicted molar refractivity (Wildman–Crippen MR) is 108 cm³/mol. The number of nitrogens with one attached hydrogen (secondary N) is 2. The molecule has 33 heavy (non-hydrogen) atoms. The molecule has 2 aromatic rings. The molecule has 0 saturated heterocycles. The molecular weight excluding hydrogens is 448 g/mol. The van der Waals surface area contributed by atoms with Gasteiger partial charge in [0, 0.05) is 12.0 Å². The van der Waals surface area contributed by atoms with E-state index in [0.717, 1.165) is 30.9 Å². The second kappa shape index (κ2) is 11.8. The first kappa shape index (κ1) is 25.6. The van der Waals surface area contributed by atoms with Crippen LogP contribution in [0.4, 0.5) is 22.4 Å². The summed E-state index contributed by atoms with van der Waals surface area (Å²) >= 11 is 0. The molecule has 1 unspecified atom stereocenters. The van der Waals surface area contributed by atoms with Crippen molar-refractivity contribution in [3.8, 4) is 0 Å². The molecule has 0 aliphatic carbocycles. The van der Waals surface area contributed by atoms with Crippen LogP contribution in [-0.4, -0.2) is 37.7 Å². The van der Waals surface area contributed by atoms with E-state index in [9.17, 15) is 31.9 Å². The highest BCUT2D eigenvalue weighted by molar-refractivity contribution is 5.85. The van der Waals surface area contributed by atoms with Crippen LogP contribution >= 0.6 is 0 Å². The first-order chi connectivity index (χ1) is 15.6. The molecule has 0 aliphatic rings. The van der Waals surface area contributed by atoms with Gasteiger partial charge in [0.1, 0.15) is 18.5 Å². The smallest absolute Gasteiger partial charge is 0.416 e. The van der Waals surface area contributed by atoms with Gasteiger partial charge in [-0.25, -0.2) is 14.0 Å². The number of amides is 2. The minimum Gasteiger partial charge on any atom is -0.467 e. The quantitative estimate of drug-likeness (QED) is 0.433. The first-order valence-corrected chi connectivity index (χ1v) is 9.78. The molecule has 0 fully saturated rings. The Morgan fingerprint density at radius 3 is 2.36 bits per heavy atom. The fourth-order valence-electron chi connectivity index (χ4n) is 2.88. The van der Waals surface area contributed by atoms with E-state index in [4.69, 9.17) is 4.74 Å². The van der Waals surface area contributed by atoms with E-state index < -0.39 is 60.0 Å². The largest absolute Gasteiger partial charge is 0.467 e. The van der Waals surface area contributed by atoms with Crippen molar-refractivity contribution >= 4 is 18.0 Å². The summed E-state index contributed by atoms with van der Waals surface area (Å²) in [5.74, 6) is -2.82. The molecule has 11 heteroatoms. The lowest BCUT2D eigenvalue weighted by atomic mass is 10.0. The molecule has 0 saturated carbocycles. The van der Waals surface area contributed by atoms with Crippen molar-refractivity contribution in [2.75, 3.05) is 13.7 Å². The fraction of sp³-hybridized carbons (Fsp3) is 0.318. The molecule has 0 bridgehead atoms. The third kappa shape index (κ3) is 8.09. The molecule has 0 heterocycles. The van der Waals surface area contributed by atoms with Gasteiger partial charge < -0.3 is 20.1 Å². The van der Waals surface area contributed by atoms with Crippen LogP contribution in [0.1, 0.15) is 23.1 Å². The number of hydrogen-bond donors (Lipinski definition) is 2. The van der Waals surface area contributed by atoms with Crippen molar-refractivity contribution in [2.45, 2.75) is 31.7 Å². The van der Waals surface area contributed by atoms with Gasteiger partial charge in [-0.1, -0.05) is 36.4 Å². The number of carbonyl (C=O) groups is 3. The fourth-order valence-corrected chi connectivity index (χ4v) is 2.88. The number of rotatable bonds is 9. The Labute approximate surface area is 187 Å². The van der Waals surface area contributed by atoms with E-state index in [2.05, 4.69) is 15.4 Å². The number of benzene rings is 2. The summed E-state index contributed by atoms with van der Waals surface area (Å²) in [4.78, 5) is 36.0. The van der Waals surface area contributed by atoms with Crippen molar-refractivity contribution in [3.05, 3.63) is 71.0 Å². The maximum Gasteiger partial charge on any atom is 0.416 e. The van der Waals surface area contributed by atoms with Gasteiger partial charge in [-0.3, -0.25) is 4.79 Å². The van der Waals surface area contributed by atoms with Crippen LogP contribution in [-0.2, 0) is 38.3 Å². The average molecular weight is 470 g/mol. The molecule has 2 rings (SSSR count). The lowest BCUT2D eigenvalue weighted by molar-refractivity contribution is -0.144. The highest BCUT2D eigenvalue weighted by Gasteiger charge is 2.34. The van der Waals surface area contributed by atoms with Crippen molar-refractivity contribution < 1.29 is 41.4 Å². The van der Waals surface area contributed by atoms with Gasteiger partial charge in [-0.05, 0) is 24.1 Å². The lowest BCUT2D eigenvalue weighted by Crippen LogP contribution is -2.49. The molecular formula is C22H22F4N2O5. The number of halogens is 4. The summed E-state index contributed by atoms with van der Waals surface area (Å²) in [5.41, 5.74) is -1.10.